The summed E-state index contributed by atoms with van der Waals surface area (Å²) in [6.07, 6.45) is 10.8. The summed E-state index contributed by atoms with van der Waals surface area (Å²) in [5, 5.41) is 0. The molecule has 2 atom stereocenters. The van der Waals surface area contributed by atoms with Gasteiger partial charge in [-0.25, -0.2) is 0 Å². The number of rotatable bonds is 1. The van der Waals surface area contributed by atoms with E-state index >= 15 is 0 Å². The van der Waals surface area contributed by atoms with Crippen molar-refractivity contribution in [3.05, 3.63) is 46.9 Å². The highest BCUT2D eigenvalue weighted by atomic mass is 32.2. The molecule has 0 aromatic carbocycles. The molecular formula is C11H12O3S. The van der Waals surface area contributed by atoms with Gasteiger partial charge in [0.2, 0.25) is 0 Å². The maximum absolute atomic E-state index is 11.0. The Labute approximate surface area is 89.2 Å². The fourth-order valence-corrected chi connectivity index (χ4v) is 2.60. The molecule has 0 aromatic rings. The van der Waals surface area contributed by atoms with E-state index < -0.39 is 10.1 Å². The van der Waals surface area contributed by atoms with Gasteiger partial charge in [-0.05, 0) is 17.6 Å². The third kappa shape index (κ3) is 1.96. The van der Waals surface area contributed by atoms with Gasteiger partial charge in [-0.15, -0.1) is 0 Å². The zero-order chi connectivity index (χ0) is 11.1. The van der Waals surface area contributed by atoms with E-state index in [1.165, 1.54) is 6.08 Å². The topological polar surface area (TPSA) is 54.4 Å². The fraction of sp³-hybridized carbons (Fsp3) is 0.273. The van der Waals surface area contributed by atoms with Gasteiger partial charge >= 0.3 is 0 Å². The second-order valence-corrected chi connectivity index (χ2v) is 5.24. The van der Waals surface area contributed by atoms with E-state index in [-0.39, 0.29) is 16.7 Å². The van der Waals surface area contributed by atoms with E-state index in [1.54, 1.807) is 6.08 Å². The van der Waals surface area contributed by atoms with Gasteiger partial charge in [-0.2, -0.15) is 8.42 Å². The van der Waals surface area contributed by atoms with Gasteiger partial charge in [0, 0.05) is 5.92 Å². The molecule has 2 rings (SSSR count). The summed E-state index contributed by atoms with van der Waals surface area (Å²) in [6, 6.07) is 0. The second kappa shape index (κ2) is 3.47. The maximum atomic E-state index is 11.0. The minimum Gasteiger partial charge on any atom is -0.282 e. The number of hydrogen-bond acceptors (Lipinski definition) is 2. The van der Waals surface area contributed by atoms with Crippen molar-refractivity contribution in [2.24, 2.45) is 11.8 Å². The monoisotopic (exact) mass is 224 g/mol. The molecule has 80 valence electrons. The standard InChI is InChI=1S/C11H12O3S/c1-8-6-10(15(12,13)14)7-9-4-2-3-5-11(8)9/h2-8,11H,1H3,(H,12,13,14)/t8-,11?/m0/s1. The molecule has 0 aliphatic heterocycles. The Bertz CT molecular complexity index is 492. The lowest BCUT2D eigenvalue weighted by molar-refractivity contribution is 0.489. The minimum atomic E-state index is -4.08. The smallest absolute Gasteiger partial charge is 0.282 e. The highest BCUT2D eigenvalue weighted by molar-refractivity contribution is 7.90. The van der Waals surface area contributed by atoms with Crippen molar-refractivity contribution in [2.75, 3.05) is 0 Å². The average Bonchev–Trinajstić information content (AvgIpc) is 2.16. The first kappa shape index (κ1) is 10.4. The van der Waals surface area contributed by atoms with Crippen LogP contribution in [0.3, 0.4) is 0 Å². The molecule has 1 unspecified atom stereocenters. The van der Waals surface area contributed by atoms with Crippen LogP contribution in [0.15, 0.2) is 46.9 Å². The third-order valence-corrected chi connectivity index (χ3v) is 3.55. The zero-order valence-electron chi connectivity index (χ0n) is 8.29. The average molecular weight is 224 g/mol. The molecular weight excluding hydrogens is 212 g/mol. The Hall–Kier alpha value is -1.13. The molecule has 3 nitrogen and oxygen atoms in total. The third-order valence-electron chi connectivity index (χ3n) is 2.70. The van der Waals surface area contributed by atoms with Crippen molar-refractivity contribution >= 4 is 10.1 Å². The summed E-state index contributed by atoms with van der Waals surface area (Å²) in [4.78, 5) is 0.00111. The molecule has 2 aliphatic rings. The maximum Gasteiger partial charge on any atom is 0.294 e. The Balaban J connectivity index is 2.46. The van der Waals surface area contributed by atoms with Crippen molar-refractivity contribution in [2.45, 2.75) is 6.92 Å². The van der Waals surface area contributed by atoms with Gasteiger partial charge in [-0.1, -0.05) is 37.3 Å². The van der Waals surface area contributed by atoms with Crippen molar-refractivity contribution in [1.29, 1.82) is 0 Å². The van der Waals surface area contributed by atoms with Gasteiger partial charge in [-0.3, -0.25) is 4.55 Å². The molecule has 4 heteroatoms. The van der Waals surface area contributed by atoms with Crippen molar-refractivity contribution in [3.63, 3.8) is 0 Å². The first-order valence-electron chi connectivity index (χ1n) is 4.74. The molecule has 0 amide bonds. The normalized spacial score (nSPS) is 29.5. The Morgan fingerprint density at radius 1 is 1.33 bits per heavy atom. The van der Waals surface area contributed by atoms with Gasteiger partial charge in [0.05, 0.1) is 4.91 Å². The highest BCUT2D eigenvalue weighted by Gasteiger charge is 2.25. The molecule has 1 N–H and O–H groups in total. The number of hydrogen-bond donors (Lipinski definition) is 1. The lowest BCUT2D eigenvalue weighted by Crippen LogP contribution is -2.17. The Morgan fingerprint density at radius 2 is 2.07 bits per heavy atom. The van der Waals surface area contributed by atoms with Gasteiger partial charge in [0.1, 0.15) is 0 Å². The molecule has 15 heavy (non-hydrogen) atoms. The Morgan fingerprint density at radius 3 is 2.73 bits per heavy atom. The van der Waals surface area contributed by atoms with E-state index in [0.29, 0.717) is 0 Å². The van der Waals surface area contributed by atoms with Crippen molar-refractivity contribution in [3.8, 4) is 0 Å². The van der Waals surface area contributed by atoms with Crippen LogP contribution in [-0.2, 0) is 10.1 Å². The molecule has 0 fully saturated rings. The predicted octanol–water partition coefficient (Wildman–Crippen LogP) is 2.08. The Kier molecular flexibility index (Phi) is 2.40. The van der Waals surface area contributed by atoms with E-state index in [4.69, 9.17) is 4.55 Å². The van der Waals surface area contributed by atoms with E-state index in [0.717, 1.165) is 5.57 Å². The van der Waals surface area contributed by atoms with Crippen LogP contribution in [0.2, 0.25) is 0 Å². The van der Waals surface area contributed by atoms with Crippen LogP contribution in [-0.4, -0.2) is 13.0 Å². The molecule has 0 radical (unpaired) electrons. The largest absolute Gasteiger partial charge is 0.294 e. The summed E-state index contributed by atoms with van der Waals surface area (Å²) in [7, 11) is -4.08. The molecule has 0 bridgehead atoms. The first-order chi connectivity index (χ1) is 6.98. The molecule has 0 heterocycles. The predicted molar refractivity (Wildman–Crippen MR) is 58.6 cm³/mol. The van der Waals surface area contributed by atoms with Crippen molar-refractivity contribution < 1.29 is 13.0 Å². The summed E-state index contributed by atoms with van der Waals surface area (Å²) in [5.41, 5.74) is 0.931. The highest BCUT2D eigenvalue weighted by Crippen LogP contribution is 2.34. The molecule has 0 saturated carbocycles. The van der Waals surface area contributed by atoms with Crippen LogP contribution in [0.4, 0.5) is 0 Å². The van der Waals surface area contributed by atoms with E-state index in [1.807, 2.05) is 31.2 Å². The summed E-state index contributed by atoms with van der Waals surface area (Å²) < 4.78 is 31.0. The molecule has 0 aromatic heterocycles. The van der Waals surface area contributed by atoms with E-state index in [9.17, 15) is 8.42 Å². The van der Waals surface area contributed by atoms with Gasteiger partial charge < -0.3 is 0 Å². The lowest BCUT2D eigenvalue weighted by atomic mass is 9.81. The molecule has 0 spiro atoms. The lowest BCUT2D eigenvalue weighted by Gasteiger charge is -2.25. The van der Waals surface area contributed by atoms with Gasteiger partial charge in [0.15, 0.2) is 0 Å². The second-order valence-electron chi connectivity index (χ2n) is 3.82. The fourth-order valence-electron chi connectivity index (χ4n) is 1.93. The summed E-state index contributed by atoms with van der Waals surface area (Å²) >= 11 is 0. The molecule has 2 aliphatic carbocycles. The van der Waals surface area contributed by atoms with Crippen LogP contribution >= 0.6 is 0 Å². The number of allylic oxidation sites excluding steroid dienone is 7. The molecule has 0 saturated heterocycles. The van der Waals surface area contributed by atoms with Crippen LogP contribution in [0.25, 0.3) is 0 Å². The van der Waals surface area contributed by atoms with Crippen LogP contribution in [0.1, 0.15) is 6.92 Å². The SMILES string of the molecule is C[C@H]1C=C(S(=O)(=O)O)C=C2C=CC=CC21. The summed E-state index contributed by atoms with van der Waals surface area (Å²) in [5.74, 6) is 0.309. The van der Waals surface area contributed by atoms with Gasteiger partial charge in [0.25, 0.3) is 10.1 Å². The van der Waals surface area contributed by atoms with Crippen LogP contribution in [0.5, 0.6) is 0 Å². The minimum absolute atomic E-state index is 0.00111. The van der Waals surface area contributed by atoms with E-state index in [2.05, 4.69) is 0 Å². The van der Waals surface area contributed by atoms with Crippen molar-refractivity contribution in [1.82, 2.24) is 0 Å². The zero-order valence-corrected chi connectivity index (χ0v) is 9.11. The first-order valence-corrected chi connectivity index (χ1v) is 6.18. The quantitative estimate of drug-likeness (QED) is 0.694. The van der Waals surface area contributed by atoms with Crippen LogP contribution in [0, 0.1) is 11.8 Å². The van der Waals surface area contributed by atoms with Crippen LogP contribution < -0.4 is 0 Å². The number of fused-ring (bicyclic) bond motifs is 1. The summed E-state index contributed by atoms with van der Waals surface area (Å²) in [6.45, 7) is 1.94.